The summed E-state index contributed by atoms with van der Waals surface area (Å²) in [7, 11) is 1.09. The molecule has 5 nitrogen and oxygen atoms in total. The predicted octanol–water partition coefficient (Wildman–Crippen LogP) is 2.46. The van der Waals surface area contributed by atoms with Crippen LogP contribution in [-0.4, -0.2) is 31.9 Å². The molecule has 0 aliphatic heterocycles. The van der Waals surface area contributed by atoms with Gasteiger partial charge in [-0.25, -0.2) is 17.2 Å². The standard InChI is InChI=1S/C12H17ClF2N2O3S/c1-3-8(2)5-16-12(18)10-4-9(21(13,19)20)6-17(10)7-11(14)15/h4,6,8,11H,3,5,7H2,1-2H3,(H,16,18). The lowest BCUT2D eigenvalue weighted by molar-refractivity contribution is 0.0925. The van der Waals surface area contributed by atoms with Gasteiger partial charge in [0.1, 0.15) is 10.6 Å². The minimum absolute atomic E-state index is 0.155. The predicted molar refractivity (Wildman–Crippen MR) is 75.3 cm³/mol. The molecule has 0 radical (unpaired) electrons. The average Bonchev–Trinajstić information content (AvgIpc) is 2.78. The second-order valence-corrected chi connectivity index (χ2v) is 7.33. The molecule has 0 spiro atoms. The number of hydrogen-bond acceptors (Lipinski definition) is 3. The molecular formula is C12H17ClF2N2O3S. The number of nitrogens with zero attached hydrogens (tertiary/aromatic N) is 1. The minimum Gasteiger partial charge on any atom is -0.350 e. The highest BCUT2D eigenvalue weighted by Gasteiger charge is 2.21. The van der Waals surface area contributed by atoms with E-state index in [4.69, 9.17) is 10.7 Å². The highest BCUT2D eigenvalue weighted by atomic mass is 35.7. The van der Waals surface area contributed by atoms with E-state index in [9.17, 15) is 22.0 Å². The third-order valence-electron chi connectivity index (χ3n) is 3.03. The molecule has 1 N–H and O–H groups in total. The smallest absolute Gasteiger partial charge is 0.267 e. The summed E-state index contributed by atoms with van der Waals surface area (Å²) in [5.41, 5.74) is -0.155. The summed E-state index contributed by atoms with van der Waals surface area (Å²) in [6.07, 6.45) is -0.934. The second-order valence-electron chi connectivity index (χ2n) is 4.77. The molecule has 1 unspecified atom stereocenters. The van der Waals surface area contributed by atoms with Crippen molar-refractivity contribution >= 4 is 25.6 Å². The Balaban J connectivity index is 3.02. The first-order chi connectivity index (χ1) is 9.65. The van der Waals surface area contributed by atoms with Crippen LogP contribution in [0, 0.1) is 5.92 Å². The van der Waals surface area contributed by atoms with Gasteiger partial charge in [-0.15, -0.1) is 0 Å². The molecular weight excluding hydrogens is 326 g/mol. The van der Waals surface area contributed by atoms with Crippen molar-refractivity contribution in [2.75, 3.05) is 6.54 Å². The molecule has 0 fully saturated rings. The summed E-state index contributed by atoms with van der Waals surface area (Å²) >= 11 is 0. The molecule has 120 valence electrons. The van der Waals surface area contributed by atoms with Gasteiger partial charge in [0.2, 0.25) is 0 Å². The molecule has 1 aromatic heterocycles. The van der Waals surface area contributed by atoms with Gasteiger partial charge in [-0.1, -0.05) is 20.3 Å². The first kappa shape index (κ1) is 17.9. The van der Waals surface area contributed by atoms with Gasteiger partial charge in [-0.05, 0) is 12.0 Å². The molecule has 0 aliphatic carbocycles. The van der Waals surface area contributed by atoms with Crippen LogP contribution >= 0.6 is 10.7 Å². The molecule has 1 heterocycles. The molecule has 0 aliphatic rings. The zero-order chi connectivity index (χ0) is 16.2. The number of rotatable bonds is 7. The molecule has 21 heavy (non-hydrogen) atoms. The average molecular weight is 343 g/mol. The summed E-state index contributed by atoms with van der Waals surface area (Å²) in [4.78, 5) is 11.6. The fourth-order valence-electron chi connectivity index (χ4n) is 1.61. The SMILES string of the molecule is CCC(C)CNC(=O)c1cc(S(=O)(=O)Cl)cn1CC(F)F. The third kappa shape index (κ3) is 5.28. The van der Waals surface area contributed by atoms with Crippen molar-refractivity contribution in [3.8, 4) is 0 Å². The van der Waals surface area contributed by atoms with Crippen LogP contribution in [0.4, 0.5) is 8.78 Å². The van der Waals surface area contributed by atoms with Crippen molar-refractivity contribution in [2.24, 2.45) is 5.92 Å². The topological polar surface area (TPSA) is 68.2 Å². The maximum absolute atomic E-state index is 12.5. The van der Waals surface area contributed by atoms with Gasteiger partial charge < -0.3 is 9.88 Å². The number of nitrogens with one attached hydrogen (secondary N) is 1. The lowest BCUT2D eigenvalue weighted by Crippen LogP contribution is -2.30. The third-order valence-corrected chi connectivity index (χ3v) is 4.35. The summed E-state index contributed by atoms with van der Waals surface area (Å²) in [6, 6.07) is 0.997. The minimum atomic E-state index is -4.08. The van der Waals surface area contributed by atoms with Crippen molar-refractivity contribution in [1.29, 1.82) is 0 Å². The van der Waals surface area contributed by atoms with Gasteiger partial charge in [0, 0.05) is 23.4 Å². The van der Waals surface area contributed by atoms with Crippen LogP contribution in [0.1, 0.15) is 30.8 Å². The van der Waals surface area contributed by atoms with Crippen molar-refractivity contribution in [2.45, 2.75) is 38.1 Å². The van der Waals surface area contributed by atoms with Crippen molar-refractivity contribution in [3.05, 3.63) is 18.0 Å². The zero-order valence-electron chi connectivity index (χ0n) is 11.6. The molecule has 0 aromatic carbocycles. The highest BCUT2D eigenvalue weighted by Crippen LogP contribution is 2.19. The van der Waals surface area contributed by atoms with Gasteiger partial charge >= 0.3 is 0 Å². The Labute approximate surface area is 126 Å². The number of amides is 1. The van der Waals surface area contributed by atoms with Crippen LogP contribution < -0.4 is 5.32 Å². The summed E-state index contributed by atoms with van der Waals surface area (Å²) in [5.74, 6) is -0.383. The molecule has 1 atom stereocenters. The van der Waals surface area contributed by atoms with Crippen LogP contribution in [0.2, 0.25) is 0 Å². The lowest BCUT2D eigenvalue weighted by Gasteiger charge is -2.12. The van der Waals surface area contributed by atoms with E-state index in [1.54, 1.807) is 0 Å². The number of hydrogen-bond donors (Lipinski definition) is 1. The van der Waals surface area contributed by atoms with Gasteiger partial charge in [0.15, 0.2) is 0 Å². The van der Waals surface area contributed by atoms with Crippen molar-refractivity contribution < 1.29 is 22.0 Å². The normalized spacial score (nSPS) is 13.4. The van der Waals surface area contributed by atoms with Crippen LogP contribution in [-0.2, 0) is 15.6 Å². The van der Waals surface area contributed by atoms with Crippen LogP contribution in [0.15, 0.2) is 17.2 Å². The Morgan fingerprint density at radius 3 is 2.57 bits per heavy atom. The quantitative estimate of drug-likeness (QED) is 0.774. The number of alkyl halides is 2. The summed E-state index contributed by atoms with van der Waals surface area (Å²) in [5, 5.41) is 2.59. The van der Waals surface area contributed by atoms with E-state index < -0.39 is 27.9 Å². The summed E-state index contributed by atoms with van der Waals surface area (Å²) in [6.45, 7) is 3.47. The second kappa shape index (κ2) is 7.22. The molecule has 1 aromatic rings. The van der Waals surface area contributed by atoms with E-state index >= 15 is 0 Å². The van der Waals surface area contributed by atoms with E-state index in [0.717, 1.165) is 23.3 Å². The highest BCUT2D eigenvalue weighted by molar-refractivity contribution is 8.13. The Hall–Kier alpha value is -1.15. The molecule has 9 heteroatoms. The largest absolute Gasteiger partial charge is 0.350 e. The molecule has 0 saturated heterocycles. The number of carbonyl (C=O) groups is 1. The molecule has 0 saturated carbocycles. The monoisotopic (exact) mass is 342 g/mol. The van der Waals surface area contributed by atoms with E-state index in [1.807, 2.05) is 13.8 Å². The van der Waals surface area contributed by atoms with E-state index in [0.29, 0.717) is 6.54 Å². The maximum Gasteiger partial charge on any atom is 0.267 e. The molecule has 1 rings (SSSR count). The Bertz CT molecular complexity index is 602. The van der Waals surface area contributed by atoms with Crippen molar-refractivity contribution in [3.63, 3.8) is 0 Å². The van der Waals surface area contributed by atoms with Crippen LogP contribution in [0.25, 0.3) is 0 Å². The Kier molecular flexibility index (Phi) is 6.15. The van der Waals surface area contributed by atoms with Gasteiger partial charge in [-0.3, -0.25) is 4.79 Å². The van der Waals surface area contributed by atoms with Gasteiger partial charge in [-0.2, -0.15) is 0 Å². The Morgan fingerprint density at radius 1 is 1.48 bits per heavy atom. The first-order valence-corrected chi connectivity index (χ1v) is 8.67. The number of aromatic nitrogens is 1. The van der Waals surface area contributed by atoms with E-state index in [-0.39, 0.29) is 16.5 Å². The van der Waals surface area contributed by atoms with Crippen LogP contribution in [0.3, 0.4) is 0 Å². The first-order valence-electron chi connectivity index (χ1n) is 6.36. The fourth-order valence-corrected chi connectivity index (χ4v) is 2.37. The maximum atomic E-state index is 12.5. The van der Waals surface area contributed by atoms with Crippen LogP contribution in [0.5, 0.6) is 0 Å². The lowest BCUT2D eigenvalue weighted by atomic mass is 10.1. The molecule has 0 bridgehead atoms. The van der Waals surface area contributed by atoms with Gasteiger partial charge in [0.05, 0.1) is 6.54 Å². The van der Waals surface area contributed by atoms with Gasteiger partial charge in [0.25, 0.3) is 21.4 Å². The summed E-state index contributed by atoms with van der Waals surface area (Å²) < 4.78 is 48.4. The van der Waals surface area contributed by atoms with E-state index in [2.05, 4.69) is 5.32 Å². The van der Waals surface area contributed by atoms with E-state index in [1.165, 1.54) is 0 Å². The fraction of sp³-hybridized carbons (Fsp3) is 0.583. The zero-order valence-corrected chi connectivity index (χ0v) is 13.2. The Morgan fingerprint density at radius 2 is 2.10 bits per heavy atom. The van der Waals surface area contributed by atoms with Crippen molar-refractivity contribution in [1.82, 2.24) is 9.88 Å². The molecule has 1 amide bonds. The number of carbonyl (C=O) groups excluding carboxylic acids is 1. The number of halogens is 3.